The molecule has 1 N–H and O–H groups in total. The summed E-state index contributed by atoms with van der Waals surface area (Å²) in [4.78, 5) is 12.5. The lowest BCUT2D eigenvalue weighted by Crippen LogP contribution is -2.13. The number of aryl methyl sites for hydroxylation is 1. The van der Waals surface area contributed by atoms with Crippen LogP contribution in [0.2, 0.25) is 0 Å². The van der Waals surface area contributed by atoms with Gasteiger partial charge in [0.15, 0.2) is 11.5 Å². The van der Waals surface area contributed by atoms with E-state index in [1.165, 1.54) is 0 Å². The molecule has 0 fully saturated rings. The van der Waals surface area contributed by atoms with E-state index in [1.807, 2.05) is 72.8 Å². The van der Waals surface area contributed by atoms with Gasteiger partial charge in [0.1, 0.15) is 0 Å². The summed E-state index contributed by atoms with van der Waals surface area (Å²) in [5.41, 5.74) is 3.84. The molecule has 0 aliphatic rings. The highest BCUT2D eigenvalue weighted by Crippen LogP contribution is 2.32. The van der Waals surface area contributed by atoms with Crippen molar-refractivity contribution in [3.63, 3.8) is 0 Å². The van der Waals surface area contributed by atoms with E-state index in [1.54, 1.807) is 14.2 Å². The van der Waals surface area contributed by atoms with Gasteiger partial charge in [0.25, 0.3) is 0 Å². The molecule has 0 aliphatic carbocycles. The van der Waals surface area contributed by atoms with Crippen LogP contribution in [0.15, 0.2) is 72.8 Å². The van der Waals surface area contributed by atoms with E-state index in [9.17, 15) is 4.79 Å². The van der Waals surface area contributed by atoms with E-state index >= 15 is 0 Å². The molecule has 3 aromatic carbocycles. The van der Waals surface area contributed by atoms with Crippen molar-refractivity contribution in [2.75, 3.05) is 19.5 Å². The largest absolute Gasteiger partial charge is 0.493 e. The van der Waals surface area contributed by atoms with E-state index in [4.69, 9.17) is 9.47 Å². The van der Waals surface area contributed by atoms with Gasteiger partial charge in [0.2, 0.25) is 5.91 Å². The monoisotopic (exact) mass is 361 g/mol. The molecule has 0 saturated carbocycles. The molecule has 1 amide bonds. The minimum Gasteiger partial charge on any atom is -0.493 e. The Hall–Kier alpha value is -3.27. The normalized spacial score (nSPS) is 10.3. The molecule has 0 radical (unpaired) electrons. The molecule has 0 saturated heterocycles. The predicted molar refractivity (Wildman–Crippen MR) is 108 cm³/mol. The first-order valence-corrected chi connectivity index (χ1v) is 8.87. The average molecular weight is 361 g/mol. The van der Waals surface area contributed by atoms with Crippen molar-refractivity contribution >= 4 is 11.6 Å². The first-order chi connectivity index (χ1) is 13.2. The summed E-state index contributed by atoms with van der Waals surface area (Å²) in [7, 11) is 3.21. The Morgan fingerprint density at radius 2 is 1.59 bits per heavy atom. The maximum absolute atomic E-state index is 12.5. The Morgan fingerprint density at radius 3 is 2.33 bits per heavy atom. The third-order valence-electron chi connectivity index (χ3n) is 4.39. The topological polar surface area (TPSA) is 47.6 Å². The number of methoxy groups -OCH3 is 2. The molecule has 0 aromatic heterocycles. The molecule has 0 bridgehead atoms. The molecule has 0 atom stereocenters. The molecule has 0 spiro atoms. The van der Waals surface area contributed by atoms with Crippen LogP contribution >= 0.6 is 0 Å². The van der Waals surface area contributed by atoms with Gasteiger partial charge in [-0.2, -0.15) is 0 Å². The lowest BCUT2D eigenvalue weighted by molar-refractivity contribution is -0.116. The molecule has 0 aliphatic heterocycles. The van der Waals surface area contributed by atoms with Gasteiger partial charge in [0.05, 0.1) is 14.2 Å². The van der Waals surface area contributed by atoms with Gasteiger partial charge in [-0.3, -0.25) is 4.79 Å². The lowest BCUT2D eigenvalue weighted by Gasteiger charge is -2.13. The van der Waals surface area contributed by atoms with Crippen molar-refractivity contribution in [2.45, 2.75) is 12.8 Å². The van der Waals surface area contributed by atoms with Crippen molar-refractivity contribution < 1.29 is 14.3 Å². The first kappa shape index (κ1) is 18.5. The molecule has 138 valence electrons. The number of amides is 1. The summed E-state index contributed by atoms with van der Waals surface area (Å²) in [6.07, 6.45) is 0.923. The molecule has 27 heavy (non-hydrogen) atoms. The SMILES string of the molecule is COc1cccc(CCC(=O)Nc2ccccc2-c2ccccc2)c1OC. The highest BCUT2D eigenvalue weighted by atomic mass is 16.5. The number of nitrogens with one attached hydrogen (secondary N) is 1. The number of rotatable bonds is 7. The quantitative estimate of drug-likeness (QED) is 0.648. The van der Waals surface area contributed by atoms with E-state index in [-0.39, 0.29) is 5.91 Å². The Kier molecular flexibility index (Phi) is 6.10. The Bertz CT molecular complexity index is 907. The van der Waals surface area contributed by atoms with Crippen molar-refractivity contribution in [2.24, 2.45) is 0 Å². The number of benzene rings is 3. The maximum Gasteiger partial charge on any atom is 0.224 e. The summed E-state index contributed by atoms with van der Waals surface area (Å²) >= 11 is 0. The fourth-order valence-corrected chi connectivity index (χ4v) is 3.07. The summed E-state index contributed by atoms with van der Waals surface area (Å²) in [6.45, 7) is 0. The zero-order valence-corrected chi connectivity index (χ0v) is 15.6. The minimum absolute atomic E-state index is 0.0387. The van der Waals surface area contributed by atoms with Gasteiger partial charge in [-0.05, 0) is 29.7 Å². The highest BCUT2D eigenvalue weighted by Gasteiger charge is 2.12. The Labute approximate surface area is 159 Å². The van der Waals surface area contributed by atoms with Crippen LogP contribution in [0.25, 0.3) is 11.1 Å². The van der Waals surface area contributed by atoms with Gasteiger partial charge in [-0.15, -0.1) is 0 Å². The number of para-hydroxylation sites is 2. The number of hydrogen-bond acceptors (Lipinski definition) is 3. The van der Waals surface area contributed by atoms with E-state index < -0.39 is 0 Å². The number of anilines is 1. The predicted octanol–water partition coefficient (Wildman–Crippen LogP) is 4.94. The number of carbonyl (C=O) groups is 1. The fraction of sp³-hybridized carbons (Fsp3) is 0.174. The smallest absolute Gasteiger partial charge is 0.224 e. The molecule has 0 heterocycles. The van der Waals surface area contributed by atoms with Gasteiger partial charge in [0, 0.05) is 17.7 Å². The van der Waals surface area contributed by atoms with Crippen molar-refractivity contribution in [1.82, 2.24) is 0 Å². The Balaban J connectivity index is 1.71. The molecule has 4 heteroatoms. The van der Waals surface area contributed by atoms with Gasteiger partial charge >= 0.3 is 0 Å². The van der Waals surface area contributed by atoms with Gasteiger partial charge in [-0.25, -0.2) is 0 Å². The zero-order chi connectivity index (χ0) is 19.1. The van der Waals surface area contributed by atoms with Gasteiger partial charge in [-0.1, -0.05) is 60.7 Å². The van der Waals surface area contributed by atoms with Crippen LogP contribution in [0.3, 0.4) is 0 Å². The highest BCUT2D eigenvalue weighted by molar-refractivity contribution is 5.95. The second kappa shape index (κ2) is 8.90. The molecule has 4 nitrogen and oxygen atoms in total. The Morgan fingerprint density at radius 1 is 0.852 bits per heavy atom. The molecular formula is C23H23NO3. The average Bonchev–Trinajstić information content (AvgIpc) is 2.72. The molecular weight excluding hydrogens is 338 g/mol. The van der Waals surface area contributed by atoms with Crippen molar-refractivity contribution in [1.29, 1.82) is 0 Å². The van der Waals surface area contributed by atoms with E-state index in [0.29, 0.717) is 24.3 Å². The van der Waals surface area contributed by atoms with Gasteiger partial charge < -0.3 is 14.8 Å². The standard InChI is InChI=1S/C23H23NO3/c1-26-21-14-8-11-18(23(21)27-2)15-16-22(25)24-20-13-7-6-12-19(20)17-9-4-3-5-10-17/h3-14H,15-16H2,1-2H3,(H,24,25). The maximum atomic E-state index is 12.5. The molecule has 3 aromatic rings. The minimum atomic E-state index is -0.0387. The summed E-state index contributed by atoms with van der Waals surface area (Å²) in [5.74, 6) is 1.31. The third kappa shape index (κ3) is 4.47. The van der Waals surface area contributed by atoms with Crippen LogP contribution in [0.4, 0.5) is 5.69 Å². The van der Waals surface area contributed by atoms with Crippen LogP contribution in [0, 0.1) is 0 Å². The summed E-state index contributed by atoms with van der Waals surface area (Å²) in [5, 5.41) is 3.03. The zero-order valence-electron chi connectivity index (χ0n) is 15.6. The second-order valence-electron chi connectivity index (χ2n) is 6.11. The van der Waals surface area contributed by atoms with Crippen LogP contribution < -0.4 is 14.8 Å². The van der Waals surface area contributed by atoms with E-state index in [0.717, 1.165) is 22.4 Å². The van der Waals surface area contributed by atoms with Crippen LogP contribution in [0.1, 0.15) is 12.0 Å². The van der Waals surface area contributed by atoms with E-state index in [2.05, 4.69) is 5.32 Å². The second-order valence-corrected chi connectivity index (χ2v) is 6.11. The number of carbonyl (C=O) groups excluding carboxylic acids is 1. The fourth-order valence-electron chi connectivity index (χ4n) is 3.07. The van der Waals surface area contributed by atoms with Crippen LogP contribution in [-0.2, 0) is 11.2 Å². The molecule has 0 unspecified atom stereocenters. The summed E-state index contributed by atoms with van der Waals surface area (Å²) in [6, 6.07) is 23.6. The number of ether oxygens (including phenoxy) is 2. The number of hydrogen-bond donors (Lipinski definition) is 1. The van der Waals surface area contributed by atoms with Crippen molar-refractivity contribution in [3.05, 3.63) is 78.4 Å². The third-order valence-corrected chi connectivity index (χ3v) is 4.39. The van der Waals surface area contributed by atoms with Crippen LogP contribution in [-0.4, -0.2) is 20.1 Å². The lowest BCUT2D eigenvalue weighted by atomic mass is 10.0. The van der Waals surface area contributed by atoms with Crippen LogP contribution in [0.5, 0.6) is 11.5 Å². The summed E-state index contributed by atoms with van der Waals surface area (Å²) < 4.78 is 10.8. The van der Waals surface area contributed by atoms with Crippen molar-refractivity contribution in [3.8, 4) is 22.6 Å². The first-order valence-electron chi connectivity index (χ1n) is 8.87. The molecule has 3 rings (SSSR count).